The number of hydrogen-bond donors (Lipinski definition) is 0. The van der Waals surface area contributed by atoms with E-state index in [1.807, 2.05) is 47.4 Å². The Hall–Kier alpha value is -3.81. The molecule has 0 spiro atoms. The van der Waals surface area contributed by atoms with Crippen LogP contribution in [-0.4, -0.2) is 49.7 Å². The Morgan fingerprint density at radius 2 is 1.78 bits per heavy atom. The van der Waals surface area contributed by atoms with Crippen LogP contribution in [-0.2, 0) is 11.3 Å². The summed E-state index contributed by atoms with van der Waals surface area (Å²) in [4.78, 5) is 31.5. The van der Waals surface area contributed by atoms with Gasteiger partial charge < -0.3 is 9.64 Å². The van der Waals surface area contributed by atoms with Gasteiger partial charge in [0.05, 0.1) is 23.4 Å². The highest BCUT2D eigenvalue weighted by molar-refractivity contribution is 5.85. The molecule has 162 valence electrons. The topological polar surface area (TPSA) is 90.2 Å². The lowest BCUT2D eigenvalue weighted by molar-refractivity contribution is -0.133. The molecular weight excluding hydrogens is 406 g/mol. The van der Waals surface area contributed by atoms with Crippen LogP contribution >= 0.6 is 0 Å². The number of carbonyl (C=O) groups is 1. The van der Waals surface area contributed by atoms with E-state index in [2.05, 4.69) is 15.2 Å². The minimum absolute atomic E-state index is 0.00790. The van der Waals surface area contributed by atoms with Crippen molar-refractivity contribution >= 4 is 27.6 Å². The SMILES string of the molecule is O=C(CCn1cnc2ccccc2c1=O)N1CCC(Oc2nncc3ccccc23)CC1. The summed E-state index contributed by atoms with van der Waals surface area (Å²) >= 11 is 0. The van der Waals surface area contributed by atoms with Gasteiger partial charge in [0, 0.05) is 49.7 Å². The number of para-hydroxylation sites is 1. The number of rotatable bonds is 5. The molecule has 1 amide bonds. The van der Waals surface area contributed by atoms with E-state index in [-0.39, 0.29) is 24.0 Å². The molecular formula is C24H23N5O3. The van der Waals surface area contributed by atoms with Crippen molar-refractivity contribution in [3.63, 3.8) is 0 Å². The molecule has 2 aromatic carbocycles. The molecule has 1 aliphatic rings. The second-order valence-corrected chi connectivity index (χ2v) is 7.95. The van der Waals surface area contributed by atoms with Gasteiger partial charge in [0.1, 0.15) is 6.10 Å². The first-order valence-corrected chi connectivity index (χ1v) is 10.8. The predicted octanol–water partition coefficient (Wildman–Crippen LogP) is 2.80. The molecule has 4 aromatic rings. The molecule has 0 radical (unpaired) electrons. The molecule has 3 heterocycles. The van der Waals surface area contributed by atoms with Crippen LogP contribution in [0, 0.1) is 0 Å². The fourth-order valence-electron chi connectivity index (χ4n) is 4.11. The number of carbonyl (C=O) groups excluding carboxylic acids is 1. The molecule has 1 saturated heterocycles. The van der Waals surface area contributed by atoms with Crippen LogP contribution < -0.4 is 10.3 Å². The summed E-state index contributed by atoms with van der Waals surface area (Å²) in [6.45, 7) is 1.55. The van der Waals surface area contributed by atoms with E-state index < -0.39 is 0 Å². The molecule has 8 heteroatoms. The largest absolute Gasteiger partial charge is 0.473 e. The second-order valence-electron chi connectivity index (χ2n) is 7.95. The Labute approximate surface area is 184 Å². The van der Waals surface area contributed by atoms with E-state index in [1.54, 1.807) is 12.3 Å². The lowest BCUT2D eigenvalue weighted by Gasteiger charge is -2.32. The zero-order valence-corrected chi connectivity index (χ0v) is 17.6. The Morgan fingerprint density at radius 1 is 1.03 bits per heavy atom. The smallest absolute Gasteiger partial charge is 0.261 e. The van der Waals surface area contributed by atoms with E-state index in [9.17, 15) is 9.59 Å². The van der Waals surface area contributed by atoms with Crippen LogP contribution in [0.5, 0.6) is 5.88 Å². The Bertz CT molecular complexity index is 1320. The average Bonchev–Trinajstić information content (AvgIpc) is 2.84. The van der Waals surface area contributed by atoms with Gasteiger partial charge in [-0.25, -0.2) is 4.98 Å². The monoisotopic (exact) mass is 429 g/mol. The van der Waals surface area contributed by atoms with Crippen LogP contribution in [0.3, 0.4) is 0 Å². The number of ether oxygens (including phenoxy) is 1. The van der Waals surface area contributed by atoms with Crippen LogP contribution in [0.15, 0.2) is 65.8 Å². The summed E-state index contributed by atoms with van der Waals surface area (Å²) in [5.41, 5.74) is 0.546. The van der Waals surface area contributed by atoms with Crippen molar-refractivity contribution in [3.05, 3.63) is 71.4 Å². The maximum atomic E-state index is 12.7. The molecule has 1 fully saturated rings. The zero-order valence-electron chi connectivity index (χ0n) is 17.6. The molecule has 8 nitrogen and oxygen atoms in total. The van der Waals surface area contributed by atoms with E-state index in [1.165, 1.54) is 10.9 Å². The molecule has 0 unspecified atom stereocenters. The molecule has 0 aliphatic carbocycles. The number of nitrogens with zero attached hydrogens (tertiary/aromatic N) is 5. The van der Waals surface area contributed by atoms with Gasteiger partial charge in [0.2, 0.25) is 11.8 Å². The molecule has 1 aliphatic heterocycles. The van der Waals surface area contributed by atoms with Crippen molar-refractivity contribution in [2.45, 2.75) is 31.9 Å². The van der Waals surface area contributed by atoms with Gasteiger partial charge in [-0.15, -0.1) is 5.10 Å². The van der Waals surface area contributed by atoms with E-state index in [0.717, 1.165) is 23.6 Å². The van der Waals surface area contributed by atoms with Crippen molar-refractivity contribution in [2.24, 2.45) is 0 Å². The summed E-state index contributed by atoms with van der Waals surface area (Å²) in [6.07, 6.45) is 4.96. The van der Waals surface area contributed by atoms with Gasteiger partial charge in [0.25, 0.3) is 5.56 Å². The van der Waals surface area contributed by atoms with E-state index >= 15 is 0 Å². The minimum Gasteiger partial charge on any atom is -0.473 e. The third-order valence-corrected chi connectivity index (χ3v) is 5.91. The first-order chi connectivity index (χ1) is 15.7. The first kappa shape index (κ1) is 20.1. The molecule has 2 aromatic heterocycles. The van der Waals surface area contributed by atoms with Gasteiger partial charge in [-0.2, -0.15) is 5.10 Å². The number of fused-ring (bicyclic) bond motifs is 2. The van der Waals surface area contributed by atoms with Gasteiger partial charge in [-0.3, -0.25) is 14.2 Å². The molecule has 5 rings (SSSR count). The highest BCUT2D eigenvalue weighted by Crippen LogP contribution is 2.25. The number of likely N-dealkylation sites (tertiary alicyclic amines) is 1. The van der Waals surface area contributed by atoms with Crippen molar-refractivity contribution in [1.82, 2.24) is 24.6 Å². The molecule has 0 N–H and O–H groups in total. The second kappa shape index (κ2) is 8.74. The van der Waals surface area contributed by atoms with Crippen LogP contribution in [0.1, 0.15) is 19.3 Å². The molecule has 0 saturated carbocycles. The number of aromatic nitrogens is 4. The van der Waals surface area contributed by atoms with Crippen molar-refractivity contribution in [2.75, 3.05) is 13.1 Å². The number of benzene rings is 2. The first-order valence-electron chi connectivity index (χ1n) is 10.8. The third kappa shape index (κ3) is 4.03. The third-order valence-electron chi connectivity index (χ3n) is 5.91. The highest BCUT2D eigenvalue weighted by Gasteiger charge is 2.24. The van der Waals surface area contributed by atoms with Crippen molar-refractivity contribution in [3.8, 4) is 5.88 Å². The summed E-state index contributed by atoms with van der Waals surface area (Å²) in [5, 5.41) is 10.7. The summed E-state index contributed by atoms with van der Waals surface area (Å²) in [7, 11) is 0. The maximum Gasteiger partial charge on any atom is 0.261 e. The summed E-state index contributed by atoms with van der Waals surface area (Å²) < 4.78 is 7.63. The lowest BCUT2D eigenvalue weighted by atomic mass is 10.1. The Balaban J connectivity index is 1.17. The van der Waals surface area contributed by atoms with Crippen LogP contribution in [0.2, 0.25) is 0 Å². The quantitative estimate of drug-likeness (QED) is 0.485. The maximum absolute atomic E-state index is 12.7. The number of aryl methyl sites for hydroxylation is 1. The van der Waals surface area contributed by atoms with Gasteiger partial charge in [-0.05, 0) is 18.2 Å². The number of amides is 1. The average molecular weight is 429 g/mol. The summed E-state index contributed by atoms with van der Waals surface area (Å²) in [6, 6.07) is 15.1. The molecule has 32 heavy (non-hydrogen) atoms. The van der Waals surface area contributed by atoms with Gasteiger partial charge in [0.15, 0.2) is 0 Å². The minimum atomic E-state index is -0.119. The summed E-state index contributed by atoms with van der Waals surface area (Å²) in [5.74, 6) is 0.574. The fourth-order valence-corrected chi connectivity index (χ4v) is 4.11. The van der Waals surface area contributed by atoms with E-state index in [0.29, 0.717) is 36.4 Å². The van der Waals surface area contributed by atoms with Crippen LogP contribution in [0.4, 0.5) is 0 Å². The van der Waals surface area contributed by atoms with E-state index in [4.69, 9.17) is 4.74 Å². The molecule has 0 atom stereocenters. The fraction of sp³-hybridized carbons (Fsp3) is 0.292. The zero-order chi connectivity index (χ0) is 21.9. The Morgan fingerprint density at radius 3 is 2.62 bits per heavy atom. The normalized spacial score (nSPS) is 14.7. The van der Waals surface area contributed by atoms with Gasteiger partial charge >= 0.3 is 0 Å². The standard InChI is InChI=1S/C24H23N5O3/c30-22(11-14-29-16-25-21-8-4-3-7-20(21)24(29)31)28-12-9-18(10-13-28)32-23-19-6-2-1-5-17(19)15-26-27-23/h1-8,15-16,18H,9-14H2. The highest BCUT2D eigenvalue weighted by atomic mass is 16.5. The van der Waals surface area contributed by atoms with Crippen molar-refractivity contribution in [1.29, 1.82) is 0 Å². The molecule has 0 bridgehead atoms. The van der Waals surface area contributed by atoms with Crippen LogP contribution in [0.25, 0.3) is 21.7 Å². The van der Waals surface area contributed by atoms with Gasteiger partial charge in [-0.1, -0.05) is 30.3 Å². The van der Waals surface area contributed by atoms with Crippen molar-refractivity contribution < 1.29 is 9.53 Å². The predicted molar refractivity (Wildman–Crippen MR) is 120 cm³/mol. The lowest BCUT2D eigenvalue weighted by Crippen LogP contribution is -2.42. The Kier molecular flexibility index (Phi) is 5.49. The number of piperidine rings is 1. The number of hydrogen-bond acceptors (Lipinski definition) is 6.